The minimum absolute atomic E-state index is 0.422. The summed E-state index contributed by atoms with van der Waals surface area (Å²) in [4.78, 5) is 4.22. The fourth-order valence-electron chi connectivity index (χ4n) is 1.93. The molecule has 0 fully saturated rings. The molecule has 3 nitrogen and oxygen atoms in total. The molecule has 20 heavy (non-hydrogen) atoms. The molecule has 1 heterocycles. The van der Waals surface area contributed by atoms with Crippen molar-refractivity contribution in [2.24, 2.45) is 0 Å². The molecule has 1 atom stereocenters. The lowest BCUT2D eigenvalue weighted by molar-refractivity contribution is 0.174. The van der Waals surface area contributed by atoms with E-state index >= 15 is 0 Å². The fraction of sp³-hybridized carbons (Fsp3) is 0.267. The largest absolute Gasteiger partial charge is 0.387 e. The van der Waals surface area contributed by atoms with Crippen molar-refractivity contribution in [1.82, 2.24) is 10.3 Å². The molecular weight excluding hydrogens is 295 g/mol. The highest BCUT2D eigenvalue weighted by Gasteiger charge is 2.09. The number of halogens is 2. The van der Waals surface area contributed by atoms with Crippen molar-refractivity contribution >= 4 is 23.2 Å². The van der Waals surface area contributed by atoms with E-state index < -0.39 is 6.10 Å². The van der Waals surface area contributed by atoms with Gasteiger partial charge in [-0.05, 0) is 42.3 Å². The minimum Gasteiger partial charge on any atom is -0.387 e. The zero-order valence-corrected chi connectivity index (χ0v) is 12.6. The highest BCUT2D eigenvalue weighted by Crippen LogP contribution is 2.23. The molecule has 0 spiro atoms. The number of nitrogens with one attached hydrogen (secondary N) is 1. The van der Waals surface area contributed by atoms with Gasteiger partial charge in [0.05, 0.1) is 6.10 Å². The van der Waals surface area contributed by atoms with Crippen molar-refractivity contribution in [3.05, 3.63) is 63.4 Å². The second kappa shape index (κ2) is 7.04. The maximum Gasteiger partial charge on any atom is 0.0915 e. The lowest BCUT2D eigenvalue weighted by Crippen LogP contribution is -2.21. The van der Waals surface area contributed by atoms with Crippen molar-refractivity contribution in [1.29, 1.82) is 0 Å². The van der Waals surface area contributed by atoms with Gasteiger partial charge < -0.3 is 10.4 Å². The zero-order valence-electron chi connectivity index (χ0n) is 11.1. The Morgan fingerprint density at radius 2 is 1.95 bits per heavy atom. The molecule has 0 bridgehead atoms. The summed E-state index contributed by atoms with van der Waals surface area (Å²) in [6, 6.07) is 8.99. The Morgan fingerprint density at radius 1 is 1.25 bits per heavy atom. The summed E-state index contributed by atoms with van der Waals surface area (Å²) in [5.41, 5.74) is 2.81. The SMILES string of the molecule is Cc1ncccc1CNCC(O)c1cc(Cl)cc(Cl)c1. The average molecular weight is 311 g/mol. The third kappa shape index (κ3) is 4.18. The normalized spacial score (nSPS) is 12.4. The molecule has 1 aromatic carbocycles. The molecule has 0 amide bonds. The molecule has 0 aliphatic carbocycles. The van der Waals surface area contributed by atoms with Crippen LogP contribution in [0.5, 0.6) is 0 Å². The highest BCUT2D eigenvalue weighted by atomic mass is 35.5. The average Bonchev–Trinajstić information content (AvgIpc) is 2.39. The van der Waals surface area contributed by atoms with E-state index in [0.717, 1.165) is 11.3 Å². The first kappa shape index (κ1) is 15.3. The Bertz CT molecular complexity index is 570. The summed E-state index contributed by atoms with van der Waals surface area (Å²) in [6.07, 6.45) is 1.12. The number of aliphatic hydroxyl groups is 1. The zero-order chi connectivity index (χ0) is 14.5. The van der Waals surface area contributed by atoms with Gasteiger partial charge >= 0.3 is 0 Å². The van der Waals surface area contributed by atoms with E-state index in [1.165, 1.54) is 0 Å². The van der Waals surface area contributed by atoms with E-state index in [-0.39, 0.29) is 0 Å². The molecule has 1 unspecified atom stereocenters. The van der Waals surface area contributed by atoms with Gasteiger partial charge in [-0.1, -0.05) is 29.3 Å². The van der Waals surface area contributed by atoms with Crippen molar-refractivity contribution in [3.8, 4) is 0 Å². The number of nitrogens with zero attached hydrogens (tertiary/aromatic N) is 1. The lowest BCUT2D eigenvalue weighted by Gasteiger charge is -2.13. The molecule has 106 valence electrons. The summed E-state index contributed by atoms with van der Waals surface area (Å²) in [5, 5.41) is 14.4. The van der Waals surface area contributed by atoms with Crippen LogP contribution in [0, 0.1) is 6.92 Å². The maximum atomic E-state index is 10.1. The predicted octanol–water partition coefficient (Wildman–Crippen LogP) is 3.52. The molecule has 2 aromatic rings. The molecule has 0 aliphatic rings. The summed E-state index contributed by atoms with van der Waals surface area (Å²) in [7, 11) is 0. The summed E-state index contributed by atoms with van der Waals surface area (Å²) in [6.45, 7) is 3.04. The van der Waals surface area contributed by atoms with Gasteiger partial charge in [0, 0.05) is 35.0 Å². The quantitative estimate of drug-likeness (QED) is 0.888. The smallest absolute Gasteiger partial charge is 0.0915 e. The number of rotatable bonds is 5. The Kier molecular flexibility index (Phi) is 5.38. The summed E-state index contributed by atoms with van der Waals surface area (Å²) < 4.78 is 0. The molecule has 2 N–H and O–H groups in total. The number of hydrogen-bond acceptors (Lipinski definition) is 3. The van der Waals surface area contributed by atoms with Gasteiger partial charge in [-0.3, -0.25) is 4.98 Å². The monoisotopic (exact) mass is 310 g/mol. The third-order valence-corrected chi connectivity index (χ3v) is 3.48. The fourth-order valence-corrected chi connectivity index (χ4v) is 2.48. The van der Waals surface area contributed by atoms with E-state index in [1.807, 2.05) is 19.1 Å². The van der Waals surface area contributed by atoms with Crippen molar-refractivity contribution in [3.63, 3.8) is 0 Å². The molecule has 0 aliphatic heterocycles. The van der Waals surface area contributed by atoms with Crippen LogP contribution in [0.1, 0.15) is 22.9 Å². The topological polar surface area (TPSA) is 45.2 Å². The van der Waals surface area contributed by atoms with Crippen molar-refractivity contribution < 1.29 is 5.11 Å². The van der Waals surface area contributed by atoms with Crippen LogP contribution in [0.4, 0.5) is 0 Å². The number of pyridine rings is 1. The lowest BCUT2D eigenvalue weighted by atomic mass is 10.1. The molecule has 2 rings (SSSR count). The molecular formula is C15H16Cl2N2O. The van der Waals surface area contributed by atoms with Crippen LogP contribution in [0.3, 0.4) is 0 Å². The third-order valence-electron chi connectivity index (χ3n) is 3.04. The van der Waals surface area contributed by atoms with E-state index in [1.54, 1.807) is 24.4 Å². The van der Waals surface area contributed by atoms with Gasteiger partial charge in [-0.15, -0.1) is 0 Å². The number of aromatic nitrogens is 1. The van der Waals surface area contributed by atoms with Crippen LogP contribution in [-0.4, -0.2) is 16.6 Å². The van der Waals surface area contributed by atoms with Gasteiger partial charge in [-0.25, -0.2) is 0 Å². The second-order valence-electron chi connectivity index (χ2n) is 4.60. The first-order valence-electron chi connectivity index (χ1n) is 6.31. The van der Waals surface area contributed by atoms with Gasteiger partial charge in [0.25, 0.3) is 0 Å². The van der Waals surface area contributed by atoms with E-state index in [9.17, 15) is 5.11 Å². The van der Waals surface area contributed by atoms with Crippen molar-refractivity contribution in [2.45, 2.75) is 19.6 Å². The highest BCUT2D eigenvalue weighted by molar-refractivity contribution is 6.34. The minimum atomic E-state index is -0.650. The Morgan fingerprint density at radius 3 is 2.60 bits per heavy atom. The van der Waals surface area contributed by atoms with E-state index in [0.29, 0.717) is 28.7 Å². The molecule has 1 aromatic heterocycles. The number of hydrogen-bond donors (Lipinski definition) is 2. The Labute approximate surface area is 128 Å². The Hall–Kier alpha value is -1.13. The van der Waals surface area contributed by atoms with Crippen LogP contribution >= 0.6 is 23.2 Å². The van der Waals surface area contributed by atoms with E-state index in [2.05, 4.69) is 10.3 Å². The number of benzene rings is 1. The molecule has 5 heteroatoms. The first-order valence-corrected chi connectivity index (χ1v) is 7.07. The second-order valence-corrected chi connectivity index (χ2v) is 5.47. The molecule has 0 radical (unpaired) electrons. The van der Waals surface area contributed by atoms with Crippen molar-refractivity contribution in [2.75, 3.05) is 6.54 Å². The van der Waals surface area contributed by atoms with Gasteiger partial charge in [-0.2, -0.15) is 0 Å². The standard InChI is InChI=1S/C15H16Cl2N2O/c1-10-11(3-2-4-19-10)8-18-9-15(20)12-5-13(16)7-14(17)6-12/h2-7,15,18,20H,8-9H2,1H3. The summed E-state index contributed by atoms with van der Waals surface area (Å²) >= 11 is 11.8. The maximum absolute atomic E-state index is 10.1. The van der Waals surface area contributed by atoms with E-state index in [4.69, 9.17) is 23.2 Å². The Balaban J connectivity index is 1.92. The number of aliphatic hydroxyl groups excluding tert-OH is 1. The summed E-state index contributed by atoms with van der Waals surface area (Å²) in [5.74, 6) is 0. The van der Waals surface area contributed by atoms with Gasteiger partial charge in [0.15, 0.2) is 0 Å². The number of aryl methyl sites for hydroxylation is 1. The van der Waals surface area contributed by atoms with Crippen LogP contribution < -0.4 is 5.32 Å². The molecule has 0 saturated heterocycles. The van der Waals surface area contributed by atoms with Gasteiger partial charge in [0.1, 0.15) is 0 Å². The van der Waals surface area contributed by atoms with Gasteiger partial charge in [0.2, 0.25) is 0 Å². The van der Waals surface area contributed by atoms with Crippen LogP contribution in [0.2, 0.25) is 10.0 Å². The first-order chi connectivity index (χ1) is 9.56. The van der Waals surface area contributed by atoms with Crippen LogP contribution in [0.15, 0.2) is 36.5 Å². The van der Waals surface area contributed by atoms with Crippen LogP contribution in [-0.2, 0) is 6.54 Å². The molecule has 0 saturated carbocycles. The predicted molar refractivity (Wildman–Crippen MR) is 82.1 cm³/mol. The van der Waals surface area contributed by atoms with Crippen LogP contribution in [0.25, 0.3) is 0 Å².